The van der Waals surface area contributed by atoms with Gasteiger partial charge in [-0.3, -0.25) is 4.79 Å². The topological polar surface area (TPSA) is 97.6 Å². The summed E-state index contributed by atoms with van der Waals surface area (Å²) < 4.78 is 1.62. The SMILES string of the molecule is CCNC(=O)[C@H]1CC[C@H](Nc2ncc(Cl)c(-n3nnc4ccccc43)n2)CC1. The summed E-state index contributed by atoms with van der Waals surface area (Å²) in [6, 6.07) is 7.87. The highest BCUT2D eigenvalue weighted by Gasteiger charge is 2.26. The third-order valence-electron chi connectivity index (χ3n) is 5.06. The molecule has 4 rings (SSSR count). The van der Waals surface area contributed by atoms with E-state index in [0.29, 0.717) is 23.3 Å². The van der Waals surface area contributed by atoms with Crippen LogP contribution in [0, 0.1) is 5.92 Å². The number of carbonyl (C=O) groups is 1. The molecule has 9 heteroatoms. The van der Waals surface area contributed by atoms with E-state index in [1.54, 1.807) is 10.9 Å². The molecule has 1 aliphatic rings. The highest BCUT2D eigenvalue weighted by atomic mass is 35.5. The van der Waals surface area contributed by atoms with Gasteiger partial charge >= 0.3 is 0 Å². The minimum absolute atomic E-state index is 0.0983. The van der Waals surface area contributed by atoms with Gasteiger partial charge in [0.15, 0.2) is 5.82 Å². The smallest absolute Gasteiger partial charge is 0.224 e. The van der Waals surface area contributed by atoms with Gasteiger partial charge in [-0.2, -0.15) is 9.67 Å². The summed E-state index contributed by atoms with van der Waals surface area (Å²) in [5, 5.41) is 15.0. The summed E-state index contributed by atoms with van der Waals surface area (Å²) in [5.74, 6) is 1.24. The third-order valence-corrected chi connectivity index (χ3v) is 5.33. The average molecular weight is 400 g/mol. The van der Waals surface area contributed by atoms with E-state index in [1.807, 2.05) is 31.2 Å². The summed E-state index contributed by atoms with van der Waals surface area (Å²) in [6.07, 6.45) is 5.09. The Morgan fingerprint density at radius 1 is 1.25 bits per heavy atom. The number of carbonyl (C=O) groups excluding carboxylic acids is 1. The van der Waals surface area contributed by atoms with Crippen molar-refractivity contribution in [2.75, 3.05) is 11.9 Å². The number of hydrogen-bond acceptors (Lipinski definition) is 6. The zero-order chi connectivity index (χ0) is 19.5. The van der Waals surface area contributed by atoms with Crippen LogP contribution in [-0.2, 0) is 4.79 Å². The molecule has 1 amide bonds. The molecule has 28 heavy (non-hydrogen) atoms. The molecular weight excluding hydrogens is 378 g/mol. The van der Waals surface area contributed by atoms with E-state index in [9.17, 15) is 4.79 Å². The van der Waals surface area contributed by atoms with Gasteiger partial charge in [-0.25, -0.2) is 4.98 Å². The van der Waals surface area contributed by atoms with Crippen LogP contribution in [-0.4, -0.2) is 43.5 Å². The Labute approximate surface area is 167 Å². The van der Waals surface area contributed by atoms with Crippen molar-refractivity contribution in [3.8, 4) is 5.82 Å². The second-order valence-electron chi connectivity index (χ2n) is 6.94. The molecule has 8 nitrogen and oxygen atoms in total. The Morgan fingerprint density at radius 2 is 2.04 bits per heavy atom. The van der Waals surface area contributed by atoms with Crippen LogP contribution in [0.1, 0.15) is 32.6 Å². The Balaban J connectivity index is 1.49. The fourth-order valence-electron chi connectivity index (χ4n) is 3.60. The van der Waals surface area contributed by atoms with Crippen LogP contribution < -0.4 is 10.6 Å². The summed E-state index contributed by atoms with van der Waals surface area (Å²) in [5.41, 5.74) is 1.60. The molecule has 0 atom stereocenters. The van der Waals surface area contributed by atoms with Gasteiger partial charge in [0.1, 0.15) is 10.5 Å². The van der Waals surface area contributed by atoms with Crippen LogP contribution in [0.4, 0.5) is 5.95 Å². The molecule has 2 aromatic heterocycles. The Hall–Kier alpha value is -2.74. The normalized spacial score (nSPS) is 19.5. The van der Waals surface area contributed by atoms with E-state index in [0.717, 1.165) is 36.7 Å². The van der Waals surface area contributed by atoms with Crippen molar-refractivity contribution in [2.45, 2.75) is 38.6 Å². The molecular formula is C19H22ClN7O. The van der Waals surface area contributed by atoms with Crippen molar-refractivity contribution in [3.05, 3.63) is 35.5 Å². The van der Waals surface area contributed by atoms with Gasteiger partial charge in [0.2, 0.25) is 11.9 Å². The number of fused-ring (bicyclic) bond motifs is 1. The number of nitrogens with one attached hydrogen (secondary N) is 2. The van der Waals surface area contributed by atoms with Gasteiger partial charge < -0.3 is 10.6 Å². The lowest BCUT2D eigenvalue weighted by atomic mass is 9.85. The first-order valence-electron chi connectivity index (χ1n) is 9.53. The first-order chi connectivity index (χ1) is 13.7. The maximum atomic E-state index is 12.0. The summed E-state index contributed by atoms with van der Waals surface area (Å²) in [4.78, 5) is 20.9. The maximum Gasteiger partial charge on any atom is 0.224 e. The molecule has 1 fully saturated rings. The molecule has 0 bridgehead atoms. The number of hydrogen-bond donors (Lipinski definition) is 2. The van der Waals surface area contributed by atoms with Crippen molar-refractivity contribution in [1.82, 2.24) is 30.3 Å². The van der Waals surface area contributed by atoms with Crippen LogP contribution in [0.2, 0.25) is 5.02 Å². The summed E-state index contributed by atoms with van der Waals surface area (Å²) in [7, 11) is 0. The fraction of sp³-hybridized carbons (Fsp3) is 0.421. The lowest BCUT2D eigenvalue weighted by molar-refractivity contribution is -0.125. The molecule has 1 saturated carbocycles. The van der Waals surface area contributed by atoms with Crippen LogP contribution in [0.25, 0.3) is 16.9 Å². The average Bonchev–Trinajstić information content (AvgIpc) is 3.14. The molecule has 0 spiro atoms. The molecule has 0 radical (unpaired) electrons. The predicted molar refractivity (Wildman–Crippen MR) is 108 cm³/mol. The number of benzene rings is 1. The van der Waals surface area contributed by atoms with Gasteiger partial charge in [0.25, 0.3) is 0 Å². The number of aromatic nitrogens is 5. The Morgan fingerprint density at radius 3 is 2.82 bits per heavy atom. The third kappa shape index (κ3) is 3.77. The minimum atomic E-state index is 0.0983. The lowest BCUT2D eigenvalue weighted by Crippen LogP contribution is -2.36. The number of halogens is 1. The van der Waals surface area contributed by atoms with Crippen molar-refractivity contribution in [1.29, 1.82) is 0 Å². The summed E-state index contributed by atoms with van der Waals surface area (Å²) >= 11 is 6.33. The molecule has 146 valence electrons. The lowest BCUT2D eigenvalue weighted by Gasteiger charge is -2.28. The largest absolute Gasteiger partial charge is 0.356 e. The van der Waals surface area contributed by atoms with Gasteiger partial charge in [-0.15, -0.1) is 5.10 Å². The molecule has 2 N–H and O–H groups in total. The summed E-state index contributed by atoms with van der Waals surface area (Å²) in [6.45, 7) is 2.62. The van der Waals surface area contributed by atoms with Crippen LogP contribution in [0.5, 0.6) is 0 Å². The minimum Gasteiger partial charge on any atom is -0.356 e. The predicted octanol–water partition coefficient (Wildman–Crippen LogP) is 2.97. The number of nitrogens with zero attached hydrogens (tertiary/aromatic N) is 5. The van der Waals surface area contributed by atoms with Crippen LogP contribution >= 0.6 is 11.6 Å². The molecule has 1 aliphatic carbocycles. The fourth-order valence-corrected chi connectivity index (χ4v) is 3.77. The van der Waals surface area contributed by atoms with Gasteiger partial charge in [-0.1, -0.05) is 28.9 Å². The molecule has 2 heterocycles. The molecule has 0 unspecified atom stereocenters. The molecule has 0 saturated heterocycles. The van der Waals surface area contributed by atoms with Gasteiger partial charge in [0.05, 0.1) is 11.7 Å². The van der Waals surface area contributed by atoms with E-state index >= 15 is 0 Å². The molecule has 0 aliphatic heterocycles. The van der Waals surface area contributed by atoms with Crippen molar-refractivity contribution in [2.24, 2.45) is 5.92 Å². The second-order valence-corrected chi connectivity index (χ2v) is 7.35. The highest BCUT2D eigenvalue weighted by molar-refractivity contribution is 6.32. The zero-order valence-corrected chi connectivity index (χ0v) is 16.4. The standard InChI is InChI=1S/C19H22ClN7O/c1-2-21-18(28)12-7-9-13(10-8-12)23-19-22-11-14(20)17(24-19)27-16-6-4-3-5-15(16)25-26-27/h3-6,11-13H,2,7-10H2,1H3,(H,21,28)(H,22,23,24)/t12-,13-. The Kier molecular flexibility index (Phi) is 5.38. The number of amides is 1. The van der Waals surface area contributed by atoms with E-state index in [-0.39, 0.29) is 17.9 Å². The maximum absolute atomic E-state index is 12.0. The van der Waals surface area contributed by atoms with Crippen molar-refractivity contribution >= 4 is 34.5 Å². The highest BCUT2D eigenvalue weighted by Crippen LogP contribution is 2.27. The van der Waals surface area contributed by atoms with Gasteiger partial charge in [-0.05, 0) is 44.7 Å². The number of para-hydroxylation sites is 1. The van der Waals surface area contributed by atoms with Crippen molar-refractivity contribution < 1.29 is 4.79 Å². The molecule has 3 aromatic rings. The van der Waals surface area contributed by atoms with Crippen LogP contribution in [0.15, 0.2) is 30.5 Å². The second kappa shape index (κ2) is 8.10. The zero-order valence-electron chi connectivity index (χ0n) is 15.6. The van der Waals surface area contributed by atoms with Crippen LogP contribution in [0.3, 0.4) is 0 Å². The van der Waals surface area contributed by atoms with E-state index in [2.05, 4.69) is 30.9 Å². The van der Waals surface area contributed by atoms with E-state index in [1.165, 1.54) is 0 Å². The first kappa shape index (κ1) is 18.6. The number of rotatable bonds is 5. The monoisotopic (exact) mass is 399 g/mol. The Bertz CT molecular complexity index is 981. The molecule has 1 aromatic carbocycles. The quantitative estimate of drug-likeness (QED) is 0.684. The van der Waals surface area contributed by atoms with E-state index in [4.69, 9.17) is 11.6 Å². The van der Waals surface area contributed by atoms with Crippen molar-refractivity contribution in [3.63, 3.8) is 0 Å². The first-order valence-corrected chi connectivity index (χ1v) is 9.91. The van der Waals surface area contributed by atoms with E-state index < -0.39 is 0 Å². The van der Waals surface area contributed by atoms with Gasteiger partial charge in [0, 0.05) is 18.5 Å². The number of anilines is 1.